The lowest BCUT2D eigenvalue weighted by Crippen LogP contribution is -1.96. The first-order chi connectivity index (χ1) is 4.54. The summed E-state index contributed by atoms with van der Waals surface area (Å²) in [6, 6.07) is 0. The van der Waals surface area contributed by atoms with E-state index in [9.17, 15) is 4.57 Å². The largest absolute Gasteiger partial charge is 0.320 e. The van der Waals surface area contributed by atoms with Crippen LogP contribution in [0.25, 0.3) is 0 Å². The minimum absolute atomic E-state index is 0.0539. The van der Waals surface area contributed by atoms with E-state index in [2.05, 4.69) is 13.2 Å². The SMILES string of the molecule is C=CP(=O)(C=C)OC(C)C. The molecular weight excluding hydrogens is 147 g/mol. The third kappa shape index (κ3) is 3.00. The molecule has 0 aromatic rings. The Hall–Kier alpha value is -0.330. The molecule has 0 bridgehead atoms. The molecule has 0 heterocycles. The highest BCUT2D eigenvalue weighted by molar-refractivity contribution is 7.65. The topological polar surface area (TPSA) is 26.3 Å². The number of hydrogen-bond acceptors (Lipinski definition) is 2. The normalized spacial score (nSPS) is 11.5. The van der Waals surface area contributed by atoms with Crippen molar-refractivity contribution < 1.29 is 9.09 Å². The summed E-state index contributed by atoms with van der Waals surface area (Å²) in [6.45, 7) is 10.4. The van der Waals surface area contributed by atoms with Crippen LogP contribution in [0.4, 0.5) is 0 Å². The predicted molar refractivity (Wildman–Crippen MR) is 44.2 cm³/mol. The summed E-state index contributed by atoms with van der Waals surface area (Å²) < 4.78 is 16.4. The molecule has 0 amide bonds. The maximum Gasteiger partial charge on any atom is 0.246 e. The molecule has 0 saturated carbocycles. The minimum Gasteiger partial charge on any atom is -0.320 e. The van der Waals surface area contributed by atoms with Gasteiger partial charge in [-0.2, -0.15) is 0 Å². The molecule has 0 rings (SSSR count). The quantitative estimate of drug-likeness (QED) is 0.591. The Kier molecular flexibility index (Phi) is 3.62. The molecule has 0 atom stereocenters. The Bertz CT molecular complexity index is 160. The van der Waals surface area contributed by atoms with Crippen LogP contribution >= 0.6 is 7.37 Å². The van der Waals surface area contributed by atoms with Gasteiger partial charge in [-0.25, -0.2) is 0 Å². The fraction of sp³-hybridized carbons (Fsp3) is 0.429. The van der Waals surface area contributed by atoms with Crippen LogP contribution in [0.3, 0.4) is 0 Å². The molecule has 0 spiro atoms. The molecule has 3 heteroatoms. The fourth-order valence-electron chi connectivity index (χ4n) is 0.490. The van der Waals surface area contributed by atoms with Gasteiger partial charge in [-0.15, -0.1) is 0 Å². The molecule has 0 unspecified atom stereocenters. The standard InChI is InChI=1S/C7H13O2P/c1-5-10(8,6-2)9-7(3)4/h5-7H,1-2H2,3-4H3. The highest BCUT2D eigenvalue weighted by atomic mass is 31.2. The van der Waals surface area contributed by atoms with Gasteiger partial charge < -0.3 is 4.52 Å². The molecular formula is C7H13O2P. The molecule has 0 aliphatic heterocycles. The molecule has 0 fully saturated rings. The van der Waals surface area contributed by atoms with Crippen LogP contribution in [0, 0.1) is 0 Å². The molecule has 0 aliphatic rings. The fourth-order valence-corrected chi connectivity index (χ4v) is 1.47. The number of rotatable bonds is 4. The van der Waals surface area contributed by atoms with Crippen LogP contribution in [0.5, 0.6) is 0 Å². The van der Waals surface area contributed by atoms with E-state index in [0.29, 0.717) is 0 Å². The van der Waals surface area contributed by atoms with Crippen LogP contribution in [-0.4, -0.2) is 6.10 Å². The second-order valence-corrected chi connectivity index (χ2v) is 4.40. The first-order valence-electron chi connectivity index (χ1n) is 3.09. The maximum atomic E-state index is 11.3. The van der Waals surface area contributed by atoms with Crippen LogP contribution < -0.4 is 0 Å². The summed E-state index contributed by atoms with van der Waals surface area (Å²) in [4.78, 5) is 0. The number of hydrogen-bond donors (Lipinski definition) is 0. The monoisotopic (exact) mass is 160 g/mol. The van der Waals surface area contributed by atoms with Gasteiger partial charge in [0.25, 0.3) is 0 Å². The lowest BCUT2D eigenvalue weighted by molar-refractivity contribution is 0.253. The van der Waals surface area contributed by atoms with Crippen molar-refractivity contribution in [2.75, 3.05) is 0 Å². The molecule has 10 heavy (non-hydrogen) atoms. The molecule has 0 aliphatic carbocycles. The van der Waals surface area contributed by atoms with E-state index >= 15 is 0 Å². The van der Waals surface area contributed by atoms with Crippen molar-refractivity contribution in [2.45, 2.75) is 20.0 Å². The maximum absolute atomic E-state index is 11.3. The highest BCUT2D eigenvalue weighted by Crippen LogP contribution is 2.49. The van der Waals surface area contributed by atoms with Crippen molar-refractivity contribution in [1.29, 1.82) is 0 Å². The predicted octanol–water partition coefficient (Wildman–Crippen LogP) is 2.98. The van der Waals surface area contributed by atoms with Gasteiger partial charge in [-0.3, -0.25) is 4.57 Å². The summed E-state index contributed by atoms with van der Waals surface area (Å²) in [5.74, 6) is 2.61. The van der Waals surface area contributed by atoms with Gasteiger partial charge in [-0.05, 0) is 25.5 Å². The summed E-state index contributed by atoms with van der Waals surface area (Å²) in [7, 11) is -2.71. The zero-order valence-electron chi connectivity index (χ0n) is 6.41. The van der Waals surface area contributed by atoms with E-state index < -0.39 is 7.37 Å². The van der Waals surface area contributed by atoms with E-state index in [1.165, 1.54) is 11.6 Å². The van der Waals surface area contributed by atoms with Gasteiger partial charge in [0, 0.05) is 0 Å². The zero-order valence-corrected chi connectivity index (χ0v) is 7.30. The average Bonchev–Trinajstić information content (AvgIpc) is 1.87. The van der Waals surface area contributed by atoms with Crippen molar-refractivity contribution in [3.63, 3.8) is 0 Å². The van der Waals surface area contributed by atoms with Gasteiger partial charge in [-0.1, -0.05) is 13.2 Å². The molecule has 0 saturated heterocycles. The molecule has 0 N–H and O–H groups in total. The molecule has 0 aromatic carbocycles. The van der Waals surface area contributed by atoms with Crippen LogP contribution in [-0.2, 0) is 9.09 Å². The second-order valence-electron chi connectivity index (χ2n) is 2.16. The van der Waals surface area contributed by atoms with Crippen LogP contribution in [0.15, 0.2) is 24.8 Å². The van der Waals surface area contributed by atoms with Crippen molar-refractivity contribution >= 4 is 7.37 Å². The lowest BCUT2D eigenvalue weighted by Gasteiger charge is -2.12. The third-order valence-electron chi connectivity index (χ3n) is 0.885. The molecule has 2 nitrogen and oxygen atoms in total. The summed E-state index contributed by atoms with van der Waals surface area (Å²) >= 11 is 0. The third-order valence-corrected chi connectivity index (χ3v) is 2.65. The van der Waals surface area contributed by atoms with Crippen molar-refractivity contribution in [1.82, 2.24) is 0 Å². The highest BCUT2D eigenvalue weighted by Gasteiger charge is 2.14. The first-order valence-corrected chi connectivity index (χ1v) is 4.85. The van der Waals surface area contributed by atoms with E-state index in [4.69, 9.17) is 4.52 Å². The van der Waals surface area contributed by atoms with Gasteiger partial charge >= 0.3 is 0 Å². The Morgan fingerprint density at radius 3 is 1.90 bits per heavy atom. The van der Waals surface area contributed by atoms with E-state index in [1.54, 1.807) is 0 Å². The summed E-state index contributed by atoms with van der Waals surface area (Å²) in [5, 5.41) is 0. The van der Waals surface area contributed by atoms with Crippen molar-refractivity contribution in [2.24, 2.45) is 0 Å². The van der Waals surface area contributed by atoms with Crippen LogP contribution in [0.1, 0.15) is 13.8 Å². The first kappa shape index (κ1) is 9.67. The van der Waals surface area contributed by atoms with Gasteiger partial charge in [0.2, 0.25) is 7.37 Å². The Morgan fingerprint density at radius 1 is 1.40 bits per heavy atom. The lowest BCUT2D eigenvalue weighted by atomic mass is 10.5. The zero-order chi connectivity index (χ0) is 8.20. The van der Waals surface area contributed by atoms with Crippen molar-refractivity contribution in [3.8, 4) is 0 Å². The van der Waals surface area contributed by atoms with Crippen molar-refractivity contribution in [3.05, 3.63) is 24.8 Å². The minimum atomic E-state index is -2.71. The van der Waals surface area contributed by atoms with Gasteiger partial charge in [0.1, 0.15) is 0 Å². The molecule has 0 radical (unpaired) electrons. The van der Waals surface area contributed by atoms with E-state index in [1.807, 2.05) is 13.8 Å². The Morgan fingerprint density at radius 2 is 1.80 bits per heavy atom. The summed E-state index contributed by atoms with van der Waals surface area (Å²) in [6.07, 6.45) is -0.0539. The average molecular weight is 160 g/mol. The van der Waals surface area contributed by atoms with Gasteiger partial charge in [0.15, 0.2) is 0 Å². The Labute approximate surface area is 62.0 Å². The smallest absolute Gasteiger partial charge is 0.246 e. The van der Waals surface area contributed by atoms with E-state index in [-0.39, 0.29) is 6.10 Å². The Balaban J connectivity index is 4.21. The second kappa shape index (κ2) is 3.75. The van der Waals surface area contributed by atoms with Gasteiger partial charge in [0.05, 0.1) is 6.10 Å². The van der Waals surface area contributed by atoms with E-state index in [0.717, 1.165) is 0 Å². The summed E-state index contributed by atoms with van der Waals surface area (Å²) in [5.41, 5.74) is 0. The molecule has 0 aromatic heterocycles. The molecule has 58 valence electrons. The van der Waals surface area contributed by atoms with Crippen LogP contribution in [0.2, 0.25) is 0 Å².